The maximum Gasteiger partial charge on any atom is 0.251 e. The number of nitrogens with zero attached hydrogens (tertiary/aromatic N) is 1. The predicted molar refractivity (Wildman–Crippen MR) is 108 cm³/mol. The second kappa shape index (κ2) is 9.95. The zero-order valence-electron chi connectivity index (χ0n) is 16.0. The number of benzene rings is 1. The van der Waals surface area contributed by atoms with Crippen LogP contribution in [-0.4, -0.2) is 30.6 Å². The number of anilines is 1. The van der Waals surface area contributed by atoms with Crippen molar-refractivity contribution in [3.63, 3.8) is 0 Å². The molecule has 144 valence electrons. The van der Waals surface area contributed by atoms with Crippen LogP contribution in [0.15, 0.2) is 42.6 Å². The first kappa shape index (κ1) is 19.2. The summed E-state index contributed by atoms with van der Waals surface area (Å²) in [6.07, 6.45) is 9.96. The van der Waals surface area contributed by atoms with Crippen LogP contribution in [0.4, 0.5) is 5.82 Å². The molecule has 0 atom stereocenters. The van der Waals surface area contributed by atoms with E-state index in [9.17, 15) is 4.79 Å². The molecule has 5 nitrogen and oxygen atoms in total. The Hall–Kier alpha value is -2.56. The summed E-state index contributed by atoms with van der Waals surface area (Å²) in [6, 6.07) is 12.0. The van der Waals surface area contributed by atoms with Gasteiger partial charge in [-0.1, -0.05) is 43.9 Å². The molecular weight excluding hydrogens is 338 g/mol. The van der Waals surface area contributed by atoms with Crippen molar-refractivity contribution in [2.24, 2.45) is 0 Å². The molecule has 27 heavy (non-hydrogen) atoms. The summed E-state index contributed by atoms with van der Waals surface area (Å²) in [4.78, 5) is 16.9. The highest BCUT2D eigenvalue weighted by atomic mass is 16.5. The number of hydrogen-bond donors (Lipinski definition) is 2. The maximum atomic E-state index is 12.5. The molecule has 1 heterocycles. The van der Waals surface area contributed by atoms with E-state index in [0.717, 1.165) is 23.6 Å². The van der Waals surface area contributed by atoms with Crippen molar-refractivity contribution in [3.8, 4) is 5.75 Å². The highest BCUT2D eigenvalue weighted by Crippen LogP contribution is 2.21. The highest BCUT2D eigenvalue weighted by molar-refractivity contribution is 5.94. The molecule has 1 aromatic carbocycles. The van der Waals surface area contributed by atoms with Gasteiger partial charge in [-0.15, -0.1) is 0 Å². The largest absolute Gasteiger partial charge is 0.496 e. The zero-order chi connectivity index (χ0) is 18.9. The Bertz CT molecular complexity index is 740. The van der Waals surface area contributed by atoms with Gasteiger partial charge in [0.1, 0.15) is 11.6 Å². The third-order valence-corrected chi connectivity index (χ3v) is 5.10. The summed E-state index contributed by atoms with van der Waals surface area (Å²) in [5.41, 5.74) is 1.73. The van der Waals surface area contributed by atoms with E-state index >= 15 is 0 Å². The van der Waals surface area contributed by atoms with Crippen molar-refractivity contribution in [2.45, 2.75) is 51.0 Å². The van der Waals surface area contributed by atoms with E-state index in [0.29, 0.717) is 18.2 Å². The Balaban J connectivity index is 1.53. The topological polar surface area (TPSA) is 63.2 Å². The fourth-order valence-electron chi connectivity index (χ4n) is 3.61. The lowest BCUT2D eigenvalue weighted by molar-refractivity contribution is 0.0954. The summed E-state index contributed by atoms with van der Waals surface area (Å²) in [7, 11) is 1.66. The standard InChI is InChI=1S/C22H29N3O2/c1-27-20-11-7-6-8-17(20)12-15-24-22(26)18-13-14-23-21(16-18)25-19-9-4-2-3-5-10-19/h6-8,11,13-14,16,19H,2-5,9-10,12,15H2,1H3,(H,23,25)(H,24,26). The molecule has 1 saturated carbocycles. The molecule has 0 spiro atoms. The molecule has 0 radical (unpaired) electrons. The molecule has 1 fully saturated rings. The maximum absolute atomic E-state index is 12.5. The fraction of sp³-hybridized carbons (Fsp3) is 0.455. The van der Waals surface area contributed by atoms with Crippen molar-refractivity contribution in [2.75, 3.05) is 19.0 Å². The quantitative estimate of drug-likeness (QED) is 0.720. The van der Waals surface area contributed by atoms with Gasteiger partial charge < -0.3 is 15.4 Å². The first-order chi connectivity index (χ1) is 13.3. The van der Waals surface area contributed by atoms with Crippen LogP contribution in [0.1, 0.15) is 54.4 Å². The molecule has 0 saturated heterocycles. The van der Waals surface area contributed by atoms with Gasteiger partial charge in [0.2, 0.25) is 0 Å². The normalized spacial score (nSPS) is 15.0. The third kappa shape index (κ3) is 5.71. The third-order valence-electron chi connectivity index (χ3n) is 5.10. The summed E-state index contributed by atoms with van der Waals surface area (Å²) in [5, 5.41) is 6.50. The lowest BCUT2D eigenvalue weighted by Gasteiger charge is -2.17. The smallest absolute Gasteiger partial charge is 0.251 e. The number of para-hydroxylation sites is 1. The first-order valence-corrected chi connectivity index (χ1v) is 9.89. The van der Waals surface area contributed by atoms with Crippen LogP contribution in [0.5, 0.6) is 5.75 Å². The fourth-order valence-corrected chi connectivity index (χ4v) is 3.61. The van der Waals surface area contributed by atoms with E-state index < -0.39 is 0 Å². The number of rotatable bonds is 7. The molecule has 1 aliphatic rings. The Morgan fingerprint density at radius 3 is 2.70 bits per heavy atom. The van der Waals surface area contributed by atoms with E-state index in [1.807, 2.05) is 30.3 Å². The number of amides is 1. The van der Waals surface area contributed by atoms with Gasteiger partial charge in [0.05, 0.1) is 7.11 Å². The average molecular weight is 367 g/mol. The van der Waals surface area contributed by atoms with Crippen LogP contribution in [0.3, 0.4) is 0 Å². The molecule has 3 rings (SSSR count). The number of carbonyl (C=O) groups is 1. The van der Waals surface area contributed by atoms with Gasteiger partial charge >= 0.3 is 0 Å². The van der Waals surface area contributed by atoms with Gasteiger partial charge in [-0.2, -0.15) is 0 Å². The predicted octanol–water partition coefficient (Wildman–Crippen LogP) is 4.20. The minimum absolute atomic E-state index is 0.0729. The molecule has 1 aliphatic carbocycles. The van der Waals surface area contributed by atoms with E-state index in [1.165, 1.54) is 38.5 Å². The molecule has 0 aliphatic heterocycles. The number of hydrogen-bond acceptors (Lipinski definition) is 4. The lowest BCUT2D eigenvalue weighted by Crippen LogP contribution is -2.26. The molecule has 2 aromatic rings. The minimum atomic E-state index is -0.0729. The van der Waals surface area contributed by atoms with Gasteiger partial charge in [-0.25, -0.2) is 4.98 Å². The Kier molecular flexibility index (Phi) is 7.08. The van der Waals surface area contributed by atoms with Crippen molar-refractivity contribution in [3.05, 3.63) is 53.7 Å². The Labute approximate surface area is 161 Å². The number of ether oxygens (including phenoxy) is 1. The molecular formula is C22H29N3O2. The lowest BCUT2D eigenvalue weighted by atomic mass is 10.1. The van der Waals surface area contributed by atoms with E-state index in [-0.39, 0.29) is 5.91 Å². The van der Waals surface area contributed by atoms with Crippen LogP contribution >= 0.6 is 0 Å². The molecule has 0 unspecified atom stereocenters. The van der Waals surface area contributed by atoms with Crippen LogP contribution in [0, 0.1) is 0 Å². The Morgan fingerprint density at radius 1 is 1.15 bits per heavy atom. The van der Waals surface area contributed by atoms with Crippen LogP contribution < -0.4 is 15.4 Å². The van der Waals surface area contributed by atoms with Crippen molar-refractivity contribution in [1.29, 1.82) is 0 Å². The van der Waals surface area contributed by atoms with Crippen LogP contribution in [0.25, 0.3) is 0 Å². The Morgan fingerprint density at radius 2 is 1.93 bits per heavy atom. The average Bonchev–Trinajstić information content (AvgIpc) is 2.97. The highest BCUT2D eigenvalue weighted by Gasteiger charge is 2.13. The van der Waals surface area contributed by atoms with Crippen LogP contribution in [0.2, 0.25) is 0 Å². The SMILES string of the molecule is COc1ccccc1CCNC(=O)c1ccnc(NC2CCCCCC2)c1. The van der Waals surface area contributed by atoms with Gasteiger partial charge in [0, 0.05) is 24.3 Å². The number of methoxy groups -OCH3 is 1. The first-order valence-electron chi connectivity index (χ1n) is 9.89. The monoisotopic (exact) mass is 367 g/mol. The van der Waals surface area contributed by atoms with Gasteiger partial charge in [-0.05, 0) is 43.0 Å². The van der Waals surface area contributed by atoms with Gasteiger partial charge in [0.15, 0.2) is 0 Å². The summed E-state index contributed by atoms with van der Waals surface area (Å²) in [6.45, 7) is 0.562. The molecule has 5 heteroatoms. The van der Waals surface area contributed by atoms with E-state index in [4.69, 9.17) is 4.74 Å². The van der Waals surface area contributed by atoms with E-state index in [1.54, 1.807) is 19.4 Å². The van der Waals surface area contributed by atoms with Crippen molar-refractivity contribution in [1.82, 2.24) is 10.3 Å². The summed E-state index contributed by atoms with van der Waals surface area (Å²) >= 11 is 0. The number of nitrogens with one attached hydrogen (secondary N) is 2. The molecule has 0 bridgehead atoms. The van der Waals surface area contributed by atoms with E-state index in [2.05, 4.69) is 15.6 Å². The number of carbonyl (C=O) groups excluding carboxylic acids is 1. The molecule has 1 amide bonds. The zero-order valence-corrected chi connectivity index (χ0v) is 16.0. The van der Waals surface area contributed by atoms with Crippen LogP contribution in [-0.2, 0) is 6.42 Å². The number of pyridine rings is 1. The van der Waals surface area contributed by atoms with Gasteiger partial charge in [-0.3, -0.25) is 4.79 Å². The van der Waals surface area contributed by atoms with Gasteiger partial charge in [0.25, 0.3) is 5.91 Å². The second-order valence-corrected chi connectivity index (χ2v) is 7.08. The molecule has 2 N–H and O–H groups in total. The summed E-state index contributed by atoms with van der Waals surface area (Å²) in [5.74, 6) is 1.57. The molecule has 1 aromatic heterocycles. The van der Waals surface area contributed by atoms with Crippen molar-refractivity contribution < 1.29 is 9.53 Å². The second-order valence-electron chi connectivity index (χ2n) is 7.08. The summed E-state index contributed by atoms with van der Waals surface area (Å²) < 4.78 is 5.36. The number of aromatic nitrogens is 1. The minimum Gasteiger partial charge on any atom is -0.496 e. The van der Waals surface area contributed by atoms with Crippen molar-refractivity contribution >= 4 is 11.7 Å².